The number of rotatable bonds is 3. The number of hydrogen-bond acceptors (Lipinski definition) is 4. The van der Waals surface area contributed by atoms with Crippen LogP contribution in [0.15, 0.2) is 10.6 Å². The summed E-state index contributed by atoms with van der Waals surface area (Å²) in [7, 11) is 0. The Balaban J connectivity index is 1.73. The Morgan fingerprint density at radius 2 is 2.23 bits per heavy atom. The molecule has 1 aromatic heterocycles. The molecule has 2 fully saturated rings. The lowest BCUT2D eigenvalue weighted by molar-refractivity contribution is -0.136. The van der Waals surface area contributed by atoms with Crippen LogP contribution < -0.4 is 0 Å². The molecule has 2 amide bonds. The third-order valence-electron chi connectivity index (χ3n) is 4.65. The van der Waals surface area contributed by atoms with Crippen molar-refractivity contribution in [3.8, 4) is 0 Å². The number of aromatic nitrogens is 1. The van der Waals surface area contributed by atoms with Crippen LogP contribution in [-0.4, -0.2) is 45.9 Å². The van der Waals surface area contributed by atoms with Crippen LogP contribution in [0.1, 0.15) is 50.6 Å². The molecule has 2 saturated heterocycles. The molecule has 0 unspecified atom stereocenters. The van der Waals surface area contributed by atoms with E-state index in [2.05, 4.69) is 5.16 Å². The van der Waals surface area contributed by atoms with Crippen molar-refractivity contribution < 1.29 is 14.1 Å². The Hall–Kier alpha value is -1.85. The van der Waals surface area contributed by atoms with E-state index in [1.54, 1.807) is 4.90 Å². The van der Waals surface area contributed by atoms with Gasteiger partial charge >= 0.3 is 0 Å². The average molecular weight is 305 g/mol. The first-order valence-corrected chi connectivity index (χ1v) is 8.00. The van der Waals surface area contributed by atoms with Gasteiger partial charge in [0.15, 0.2) is 0 Å². The summed E-state index contributed by atoms with van der Waals surface area (Å²) >= 11 is 0. The summed E-state index contributed by atoms with van der Waals surface area (Å²) < 4.78 is 5.15. The number of carbonyl (C=O) groups excluding carboxylic acids is 2. The van der Waals surface area contributed by atoms with Gasteiger partial charge < -0.3 is 14.3 Å². The fraction of sp³-hybridized carbons (Fsp3) is 0.688. The van der Waals surface area contributed by atoms with Crippen LogP contribution in [0.3, 0.4) is 0 Å². The minimum Gasteiger partial charge on any atom is -0.361 e. The lowest BCUT2D eigenvalue weighted by Crippen LogP contribution is -2.38. The number of amides is 2. The normalized spacial score (nSPS) is 25.5. The maximum Gasteiger partial charge on any atom is 0.228 e. The Morgan fingerprint density at radius 1 is 1.45 bits per heavy atom. The van der Waals surface area contributed by atoms with Crippen LogP contribution in [0.4, 0.5) is 0 Å². The highest BCUT2D eigenvalue weighted by Crippen LogP contribution is 2.34. The van der Waals surface area contributed by atoms with Crippen molar-refractivity contribution in [1.82, 2.24) is 15.0 Å². The molecule has 0 aliphatic carbocycles. The van der Waals surface area contributed by atoms with Gasteiger partial charge in [0.2, 0.25) is 11.8 Å². The minimum atomic E-state index is -0.219. The fourth-order valence-corrected chi connectivity index (χ4v) is 3.51. The molecule has 0 saturated carbocycles. The zero-order valence-electron chi connectivity index (χ0n) is 13.4. The molecule has 0 aromatic carbocycles. The monoisotopic (exact) mass is 305 g/mol. The highest BCUT2D eigenvalue weighted by atomic mass is 16.5. The second-order valence-electron chi connectivity index (χ2n) is 6.59. The Labute approximate surface area is 130 Å². The molecule has 2 aliphatic rings. The molecule has 3 rings (SSSR count). The van der Waals surface area contributed by atoms with E-state index in [0.29, 0.717) is 13.0 Å². The molecule has 22 heavy (non-hydrogen) atoms. The number of hydrogen-bond donors (Lipinski definition) is 0. The number of carbonyl (C=O) groups is 2. The van der Waals surface area contributed by atoms with Crippen molar-refractivity contribution in [3.63, 3.8) is 0 Å². The number of aryl methyl sites for hydroxylation is 1. The van der Waals surface area contributed by atoms with Crippen LogP contribution in [0, 0.1) is 12.8 Å². The summed E-state index contributed by atoms with van der Waals surface area (Å²) in [6.07, 6.45) is 2.21. The largest absolute Gasteiger partial charge is 0.361 e. The van der Waals surface area contributed by atoms with Gasteiger partial charge in [-0.3, -0.25) is 9.59 Å². The van der Waals surface area contributed by atoms with Gasteiger partial charge in [-0.1, -0.05) is 5.16 Å². The predicted molar refractivity (Wildman–Crippen MR) is 79.9 cm³/mol. The number of nitrogens with zero attached hydrogens (tertiary/aromatic N) is 3. The summed E-state index contributed by atoms with van der Waals surface area (Å²) in [6, 6.07) is 2.04. The summed E-state index contributed by atoms with van der Waals surface area (Å²) in [5, 5.41) is 4.07. The quantitative estimate of drug-likeness (QED) is 0.855. The van der Waals surface area contributed by atoms with Gasteiger partial charge in [0.1, 0.15) is 11.5 Å². The maximum absolute atomic E-state index is 12.8. The highest BCUT2D eigenvalue weighted by Gasteiger charge is 2.41. The molecule has 2 aliphatic heterocycles. The fourth-order valence-electron chi connectivity index (χ4n) is 3.51. The molecule has 0 N–H and O–H groups in total. The molecule has 3 heterocycles. The van der Waals surface area contributed by atoms with E-state index < -0.39 is 0 Å². The van der Waals surface area contributed by atoms with Crippen molar-refractivity contribution in [2.24, 2.45) is 5.92 Å². The second-order valence-corrected chi connectivity index (χ2v) is 6.59. The van der Waals surface area contributed by atoms with E-state index in [9.17, 15) is 9.59 Å². The molecule has 0 radical (unpaired) electrons. The average Bonchev–Trinajstić information content (AvgIpc) is 3.16. The maximum atomic E-state index is 12.8. The van der Waals surface area contributed by atoms with Crippen molar-refractivity contribution in [1.29, 1.82) is 0 Å². The van der Waals surface area contributed by atoms with Gasteiger partial charge in [0.25, 0.3) is 0 Å². The topological polar surface area (TPSA) is 66.7 Å². The van der Waals surface area contributed by atoms with E-state index in [-0.39, 0.29) is 29.8 Å². The van der Waals surface area contributed by atoms with E-state index in [0.717, 1.165) is 30.8 Å². The standard InChI is InChI=1S/C16H23N3O3/c1-10(2)19-9-12(8-15(19)20)16(21)18-6-4-5-14(18)13-7-11(3)22-17-13/h7,10,12,14H,4-6,8-9H2,1-3H3/t12-,14-/m1/s1. The van der Waals surface area contributed by atoms with Gasteiger partial charge in [0, 0.05) is 31.6 Å². The predicted octanol–water partition coefficient (Wildman–Crippen LogP) is 1.90. The SMILES string of the molecule is Cc1cc([C@H]2CCCN2C(=O)[C@@H]2CC(=O)N(C(C)C)C2)no1. The second kappa shape index (κ2) is 5.74. The lowest BCUT2D eigenvalue weighted by Gasteiger charge is -2.26. The highest BCUT2D eigenvalue weighted by molar-refractivity contribution is 5.89. The van der Waals surface area contributed by atoms with Crippen LogP contribution >= 0.6 is 0 Å². The van der Waals surface area contributed by atoms with Crippen LogP contribution in [0.25, 0.3) is 0 Å². The summed E-state index contributed by atoms with van der Waals surface area (Å²) in [4.78, 5) is 28.6. The summed E-state index contributed by atoms with van der Waals surface area (Å²) in [5.74, 6) is 0.709. The van der Waals surface area contributed by atoms with Crippen LogP contribution in [-0.2, 0) is 9.59 Å². The van der Waals surface area contributed by atoms with Crippen molar-refractivity contribution >= 4 is 11.8 Å². The molecule has 120 valence electrons. The van der Waals surface area contributed by atoms with Gasteiger partial charge in [-0.25, -0.2) is 0 Å². The smallest absolute Gasteiger partial charge is 0.228 e. The Bertz CT molecular complexity index is 581. The first-order valence-electron chi connectivity index (χ1n) is 8.00. The Kier molecular flexibility index (Phi) is 3.93. The molecule has 0 spiro atoms. The van der Waals surface area contributed by atoms with E-state index in [1.807, 2.05) is 31.7 Å². The third kappa shape index (κ3) is 2.62. The first-order chi connectivity index (χ1) is 10.5. The molecule has 6 nitrogen and oxygen atoms in total. The van der Waals surface area contributed by atoms with E-state index >= 15 is 0 Å². The molecular formula is C16H23N3O3. The summed E-state index contributed by atoms with van der Waals surface area (Å²) in [5.41, 5.74) is 0.827. The molecular weight excluding hydrogens is 282 g/mol. The van der Waals surface area contributed by atoms with Crippen molar-refractivity contribution in [2.45, 2.75) is 52.1 Å². The van der Waals surface area contributed by atoms with Gasteiger partial charge in [0.05, 0.1) is 12.0 Å². The Morgan fingerprint density at radius 3 is 2.82 bits per heavy atom. The lowest BCUT2D eigenvalue weighted by atomic mass is 10.1. The molecule has 6 heteroatoms. The zero-order chi connectivity index (χ0) is 15.9. The van der Waals surface area contributed by atoms with Gasteiger partial charge in [-0.05, 0) is 33.6 Å². The molecule has 1 aromatic rings. The van der Waals surface area contributed by atoms with Crippen molar-refractivity contribution in [2.75, 3.05) is 13.1 Å². The summed E-state index contributed by atoms with van der Waals surface area (Å²) in [6.45, 7) is 7.11. The van der Waals surface area contributed by atoms with Crippen LogP contribution in [0.2, 0.25) is 0 Å². The van der Waals surface area contributed by atoms with E-state index in [4.69, 9.17) is 4.52 Å². The minimum absolute atomic E-state index is 0.00634. The van der Waals surface area contributed by atoms with Crippen molar-refractivity contribution in [3.05, 3.63) is 17.5 Å². The van der Waals surface area contributed by atoms with Gasteiger partial charge in [-0.15, -0.1) is 0 Å². The molecule has 0 bridgehead atoms. The first kappa shape index (κ1) is 15.1. The van der Waals surface area contributed by atoms with Crippen LogP contribution in [0.5, 0.6) is 0 Å². The van der Waals surface area contributed by atoms with E-state index in [1.165, 1.54) is 0 Å². The zero-order valence-corrected chi connectivity index (χ0v) is 13.4. The third-order valence-corrected chi connectivity index (χ3v) is 4.65. The van der Waals surface area contributed by atoms with Gasteiger partial charge in [-0.2, -0.15) is 0 Å². The number of likely N-dealkylation sites (tertiary alicyclic amines) is 2. The molecule has 2 atom stereocenters.